The van der Waals surface area contributed by atoms with Crippen molar-refractivity contribution >= 4 is 16.3 Å². The molecule has 2 aromatic heterocycles. The van der Waals surface area contributed by atoms with Gasteiger partial charge in [0, 0.05) is 5.41 Å². The lowest BCUT2D eigenvalue weighted by atomic mass is 9.96. The molecule has 0 saturated carbocycles. The van der Waals surface area contributed by atoms with Crippen LogP contribution in [0, 0.1) is 0 Å². The van der Waals surface area contributed by atoms with Gasteiger partial charge in [-0.3, -0.25) is 0 Å². The molecule has 0 aromatic carbocycles. The van der Waals surface area contributed by atoms with Crippen molar-refractivity contribution in [2.45, 2.75) is 52.0 Å². The van der Waals surface area contributed by atoms with Crippen LogP contribution in [-0.4, -0.2) is 19.8 Å². The average molecular weight is 253 g/mol. The molecule has 5 nitrogen and oxygen atoms in total. The van der Waals surface area contributed by atoms with Crippen LogP contribution in [0.4, 0.5) is 0 Å². The van der Waals surface area contributed by atoms with Gasteiger partial charge in [-0.2, -0.15) is 9.61 Å². The summed E-state index contributed by atoms with van der Waals surface area (Å²) in [7, 11) is 0. The molecule has 6 heteroatoms. The largest absolute Gasteiger partial charge is 0.320 e. The number of rotatable bonds is 2. The molecule has 1 unspecified atom stereocenters. The lowest BCUT2D eigenvalue weighted by molar-refractivity contribution is 0.461. The minimum Gasteiger partial charge on any atom is -0.320 e. The Labute approximate surface area is 105 Å². The van der Waals surface area contributed by atoms with Crippen molar-refractivity contribution < 1.29 is 0 Å². The van der Waals surface area contributed by atoms with Gasteiger partial charge in [0.1, 0.15) is 5.01 Å². The Bertz CT molecular complexity index is 532. The number of aromatic nitrogens is 4. The Hall–Kier alpha value is -1.01. The molecule has 0 amide bonds. The van der Waals surface area contributed by atoms with Crippen LogP contribution < -0.4 is 5.73 Å². The SMILES string of the molecule is CCC(C)(N)c1nn2c(C(C)(C)C)nnc2s1. The maximum atomic E-state index is 6.21. The molecule has 0 aliphatic rings. The second kappa shape index (κ2) is 3.74. The van der Waals surface area contributed by atoms with Crippen LogP contribution in [0.2, 0.25) is 0 Å². The van der Waals surface area contributed by atoms with Crippen LogP contribution in [0.5, 0.6) is 0 Å². The topological polar surface area (TPSA) is 69.1 Å². The van der Waals surface area contributed by atoms with Crippen LogP contribution in [0.25, 0.3) is 4.96 Å². The monoisotopic (exact) mass is 253 g/mol. The first-order chi connectivity index (χ1) is 7.75. The second-order valence-electron chi connectivity index (χ2n) is 5.65. The molecule has 0 spiro atoms. The summed E-state index contributed by atoms with van der Waals surface area (Å²) in [6.45, 7) is 10.4. The van der Waals surface area contributed by atoms with Crippen molar-refractivity contribution in [1.82, 2.24) is 19.8 Å². The van der Waals surface area contributed by atoms with Gasteiger partial charge in [-0.25, -0.2) is 0 Å². The maximum Gasteiger partial charge on any atom is 0.234 e. The first-order valence-corrected chi connectivity index (χ1v) is 6.59. The molecule has 94 valence electrons. The number of fused-ring (bicyclic) bond motifs is 1. The van der Waals surface area contributed by atoms with E-state index in [0.717, 1.165) is 22.2 Å². The highest BCUT2D eigenvalue weighted by Gasteiger charge is 2.28. The molecule has 1 atom stereocenters. The predicted octanol–water partition coefficient (Wildman–Crippen LogP) is 2.07. The van der Waals surface area contributed by atoms with Crippen LogP contribution in [0.3, 0.4) is 0 Å². The van der Waals surface area contributed by atoms with Gasteiger partial charge in [0.2, 0.25) is 4.96 Å². The molecular weight excluding hydrogens is 234 g/mol. The smallest absolute Gasteiger partial charge is 0.234 e. The molecule has 2 aromatic rings. The maximum absolute atomic E-state index is 6.21. The lowest BCUT2D eigenvalue weighted by Gasteiger charge is -2.18. The van der Waals surface area contributed by atoms with Gasteiger partial charge in [0.15, 0.2) is 5.82 Å². The van der Waals surface area contributed by atoms with Crippen molar-refractivity contribution in [2.75, 3.05) is 0 Å². The highest BCUT2D eigenvalue weighted by molar-refractivity contribution is 7.16. The molecule has 0 aliphatic heterocycles. The Balaban J connectivity index is 2.57. The molecule has 0 radical (unpaired) electrons. The van der Waals surface area contributed by atoms with Gasteiger partial charge in [-0.15, -0.1) is 10.2 Å². The second-order valence-corrected chi connectivity index (χ2v) is 6.60. The first kappa shape index (κ1) is 12.4. The zero-order valence-electron chi connectivity index (χ0n) is 11.0. The number of nitrogens with two attached hydrogens (primary N) is 1. The third-order valence-corrected chi connectivity index (χ3v) is 4.06. The zero-order valence-corrected chi connectivity index (χ0v) is 11.8. The normalized spacial score (nSPS) is 16.4. The van der Waals surface area contributed by atoms with Crippen molar-refractivity contribution in [3.63, 3.8) is 0 Å². The van der Waals surface area contributed by atoms with E-state index in [1.165, 1.54) is 11.3 Å². The average Bonchev–Trinajstić information content (AvgIpc) is 2.73. The van der Waals surface area contributed by atoms with E-state index < -0.39 is 0 Å². The van der Waals surface area contributed by atoms with E-state index in [1.54, 1.807) is 0 Å². The Morgan fingerprint density at radius 2 is 1.88 bits per heavy atom. The molecule has 2 heterocycles. The fourth-order valence-electron chi connectivity index (χ4n) is 1.47. The molecule has 2 N–H and O–H groups in total. The van der Waals surface area contributed by atoms with Crippen molar-refractivity contribution in [3.8, 4) is 0 Å². The molecule has 2 rings (SSSR count). The van der Waals surface area contributed by atoms with E-state index in [-0.39, 0.29) is 11.0 Å². The quantitative estimate of drug-likeness (QED) is 0.889. The summed E-state index contributed by atoms with van der Waals surface area (Å²) in [6, 6.07) is 0. The molecule has 0 aliphatic carbocycles. The standard InChI is InChI=1S/C11H19N5S/c1-6-11(5,12)8-15-16-7(10(2,3)4)13-14-9(16)17-8/h6,12H2,1-5H3. The molecule has 17 heavy (non-hydrogen) atoms. The number of hydrogen-bond donors (Lipinski definition) is 1. The first-order valence-electron chi connectivity index (χ1n) is 5.78. The fraction of sp³-hybridized carbons (Fsp3) is 0.727. The van der Waals surface area contributed by atoms with E-state index in [4.69, 9.17) is 5.73 Å². The van der Waals surface area contributed by atoms with E-state index in [0.29, 0.717) is 0 Å². The Kier molecular flexibility index (Phi) is 2.74. The van der Waals surface area contributed by atoms with Gasteiger partial charge in [-0.05, 0) is 13.3 Å². The summed E-state index contributed by atoms with van der Waals surface area (Å²) in [4.78, 5) is 0.815. The third-order valence-electron chi connectivity index (χ3n) is 2.88. The third kappa shape index (κ3) is 2.07. The molecule has 0 bridgehead atoms. The van der Waals surface area contributed by atoms with Crippen molar-refractivity contribution in [3.05, 3.63) is 10.8 Å². The van der Waals surface area contributed by atoms with Gasteiger partial charge < -0.3 is 5.73 Å². The Morgan fingerprint density at radius 3 is 2.41 bits per heavy atom. The summed E-state index contributed by atoms with van der Waals surface area (Å²) in [5.41, 5.74) is 5.75. The fourth-order valence-corrected chi connectivity index (χ4v) is 2.43. The van der Waals surface area contributed by atoms with Crippen LogP contribution >= 0.6 is 11.3 Å². The van der Waals surface area contributed by atoms with E-state index in [1.807, 2.05) is 11.4 Å². The van der Waals surface area contributed by atoms with Crippen LogP contribution in [-0.2, 0) is 11.0 Å². The van der Waals surface area contributed by atoms with E-state index in [9.17, 15) is 0 Å². The van der Waals surface area contributed by atoms with E-state index >= 15 is 0 Å². The number of nitrogens with zero attached hydrogens (tertiary/aromatic N) is 4. The summed E-state index contributed by atoms with van der Waals surface area (Å²) in [6.07, 6.45) is 0.849. The van der Waals surface area contributed by atoms with Crippen molar-refractivity contribution in [2.24, 2.45) is 5.73 Å². The summed E-state index contributed by atoms with van der Waals surface area (Å²) in [5.74, 6) is 0.877. The molecule has 0 saturated heterocycles. The predicted molar refractivity (Wildman–Crippen MR) is 69.2 cm³/mol. The summed E-state index contributed by atoms with van der Waals surface area (Å²) >= 11 is 1.52. The minimum absolute atomic E-state index is 0.0675. The summed E-state index contributed by atoms with van der Waals surface area (Å²) in [5, 5.41) is 13.8. The minimum atomic E-state index is -0.388. The van der Waals surface area contributed by atoms with Gasteiger partial charge in [0.05, 0.1) is 5.54 Å². The van der Waals surface area contributed by atoms with Crippen molar-refractivity contribution in [1.29, 1.82) is 0 Å². The van der Waals surface area contributed by atoms with Gasteiger partial charge >= 0.3 is 0 Å². The van der Waals surface area contributed by atoms with Gasteiger partial charge in [0.25, 0.3) is 0 Å². The highest BCUT2D eigenvalue weighted by Crippen LogP contribution is 2.28. The Morgan fingerprint density at radius 1 is 1.24 bits per heavy atom. The zero-order chi connectivity index (χ0) is 12.8. The highest BCUT2D eigenvalue weighted by atomic mass is 32.1. The molecule has 0 fully saturated rings. The van der Waals surface area contributed by atoms with Crippen LogP contribution in [0.1, 0.15) is 51.9 Å². The van der Waals surface area contributed by atoms with E-state index in [2.05, 4.69) is 43.0 Å². The lowest BCUT2D eigenvalue weighted by Crippen LogP contribution is -2.32. The number of hydrogen-bond acceptors (Lipinski definition) is 5. The molecular formula is C11H19N5S. The summed E-state index contributed by atoms with van der Waals surface area (Å²) < 4.78 is 1.82. The van der Waals surface area contributed by atoms with Crippen LogP contribution in [0.15, 0.2) is 0 Å². The van der Waals surface area contributed by atoms with Gasteiger partial charge in [-0.1, -0.05) is 39.0 Å².